The molecule has 4 nitrogen and oxygen atoms in total. The molecule has 0 aliphatic carbocycles. The number of hydrogen-bond donors (Lipinski definition) is 1. The molecule has 0 saturated carbocycles. The first-order valence-electron chi connectivity index (χ1n) is 7.42. The number of rotatable bonds is 4. The molecular weight excluding hydrogens is 399 g/mol. The van der Waals surface area contributed by atoms with E-state index in [-0.39, 0.29) is 0 Å². The summed E-state index contributed by atoms with van der Waals surface area (Å²) in [6, 6.07) is 5.98. The van der Waals surface area contributed by atoms with Crippen LogP contribution in [0.1, 0.15) is 12.5 Å². The zero-order valence-corrected chi connectivity index (χ0v) is 15.7. The normalized spacial score (nSPS) is 21.0. The van der Waals surface area contributed by atoms with Crippen molar-refractivity contribution in [3.63, 3.8) is 0 Å². The molecule has 7 heteroatoms. The van der Waals surface area contributed by atoms with Gasteiger partial charge in [0.25, 0.3) is 0 Å². The Balaban J connectivity index is 1.61. The van der Waals surface area contributed by atoms with Crippen molar-refractivity contribution in [2.75, 3.05) is 18.0 Å². The van der Waals surface area contributed by atoms with Crippen LogP contribution in [-0.4, -0.2) is 29.1 Å². The van der Waals surface area contributed by atoms with Crippen LogP contribution in [0, 0.1) is 5.92 Å². The van der Waals surface area contributed by atoms with Crippen molar-refractivity contribution in [2.24, 2.45) is 5.92 Å². The first-order chi connectivity index (χ1) is 11.0. The number of benzene rings is 1. The van der Waals surface area contributed by atoms with E-state index >= 15 is 0 Å². The van der Waals surface area contributed by atoms with E-state index in [0.29, 0.717) is 22.0 Å². The Morgan fingerprint density at radius 3 is 2.70 bits per heavy atom. The summed E-state index contributed by atoms with van der Waals surface area (Å²) in [7, 11) is 0. The predicted octanol–water partition coefficient (Wildman–Crippen LogP) is 4.16. The van der Waals surface area contributed by atoms with Gasteiger partial charge in [0.2, 0.25) is 5.95 Å². The molecule has 1 aromatic carbocycles. The minimum absolute atomic E-state index is 0.369. The zero-order chi connectivity index (χ0) is 16.4. The molecule has 1 aromatic heterocycles. The van der Waals surface area contributed by atoms with Crippen molar-refractivity contribution in [1.29, 1.82) is 0 Å². The van der Waals surface area contributed by atoms with Crippen molar-refractivity contribution in [3.05, 3.63) is 50.7 Å². The second kappa shape index (κ2) is 7.34. The smallest absolute Gasteiger partial charge is 0.225 e. The van der Waals surface area contributed by atoms with Crippen LogP contribution in [-0.2, 0) is 6.54 Å². The minimum atomic E-state index is 0.369. The molecule has 1 N–H and O–H groups in total. The van der Waals surface area contributed by atoms with Gasteiger partial charge in [0.15, 0.2) is 0 Å². The van der Waals surface area contributed by atoms with Gasteiger partial charge in [-0.2, -0.15) is 0 Å². The summed E-state index contributed by atoms with van der Waals surface area (Å²) in [5, 5.41) is 4.94. The summed E-state index contributed by atoms with van der Waals surface area (Å²) in [5.74, 6) is 1.28. The summed E-state index contributed by atoms with van der Waals surface area (Å²) < 4.78 is 0.889. The van der Waals surface area contributed by atoms with Crippen molar-refractivity contribution in [3.8, 4) is 0 Å². The maximum Gasteiger partial charge on any atom is 0.225 e. The van der Waals surface area contributed by atoms with E-state index in [0.717, 1.165) is 35.6 Å². The highest BCUT2D eigenvalue weighted by atomic mass is 79.9. The number of nitrogens with zero attached hydrogens (tertiary/aromatic N) is 3. The van der Waals surface area contributed by atoms with Crippen LogP contribution in [0.3, 0.4) is 0 Å². The second-order valence-corrected chi connectivity index (χ2v) is 7.57. The Morgan fingerprint density at radius 1 is 1.26 bits per heavy atom. The van der Waals surface area contributed by atoms with E-state index in [9.17, 15) is 0 Å². The molecule has 1 aliphatic rings. The lowest BCUT2D eigenvalue weighted by molar-refractivity contribution is 0.453. The average Bonchev–Trinajstić information content (AvgIpc) is 2.88. The fourth-order valence-corrected chi connectivity index (χ4v) is 3.45. The van der Waals surface area contributed by atoms with Gasteiger partial charge in [0.05, 0.1) is 4.47 Å². The van der Waals surface area contributed by atoms with Gasteiger partial charge in [0, 0.05) is 48.1 Å². The van der Waals surface area contributed by atoms with Gasteiger partial charge in [-0.15, -0.1) is 0 Å². The molecule has 0 spiro atoms. The van der Waals surface area contributed by atoms with Crippen LogP contribution in [0.25, 0.3) is 0 Å². The molecule has 2 atom stereocenters. The summed E-state index contributed by atoms with van der Waals surface area (Å²) in [6.45, 7) is 4.78. The highest BCUT2D eigenvalue weighted by Gasteiger charge is 2.30. The maximum absolute atomic E-state index is 6.23. The number of nitrogens with one attached hydrogen (secondary N) is 1. The minimum Gasteiger partial charge on any atom is -0.339 e. The topological polar surface area (TPSA) is 41.1 Å². The van der Waals surface area contributed by atoms with E-state index in [2.05, 4.69) is 43.0 Å². The SMILES string of the molecule is CC1CN(c2ncc(Br)cn2)CC1NCc1ccc(Cl)cc1Cl. The zero-order valence-electron chi connectivity index (χ0n) is 12.6. The van der Waals surface area contributed by atoms with Crippen molar-refractivity contribution in [1.82, 2.24) is 15.3 Å². The molecule has 0 amide bonds. The third-order valence-electron chi connectivity index (χ3n) is 4.07. The lowest BCUT2D eigenvalue weighted by Crippen LogP contribution is -2.35. The predicted molar refractivity (Wildman–Crippen MR) is 98.2 cm³/mol. The summed E-state index contributed by atoms with van der Waals surface area (Å²) >= 11 is 15.5. The molecular formula is C16H17BrCl2N4. The molecule has 23 heavy (non-hydrogen) atoms. The monoisotopic (exact) mass is 414 g/mol. The molecule has 3 rings (SSSR count). The molecule has 1 saturated heterocycles. The lowest BCUT2D eigenvalue weighted by atomic mass is 10.1. The van der Waals surface area contributed by atoms with Crippen LogP contribution >= 0.6 is 39.1 Å². The van der Waals surface area contributed by atoms with E-state index in [1.165, 1.54) is 0 Å². The van der Waals surface area contributed by atoms with Gasteiger partial charge < -0.3 is 10.2 Å². The molecule has 2 heterocycles. The molecule has 2 unspecified atom stereocenters. The van der Waals surface area contributed by atoms with Crippen LogP contribution in [0.5, 0.6) is 0 Å². The van der Waals surface area contributed by atoms with Gasteiger partial charge in [-0.3, -0.25) is 0 Å². The fourth-order valence-electron chi connectivity index (χ4n) is 2.77. The Bertz CT molecular complexity index is 680. The van der Waals surface area contributed by atoms with Gasteiger partial charge in [-0.25, -0.2) is 9.97 Å². The van der Waals surface area contributed by atoms with E-state index in [1.54, 1.807) is 18.5 Å². The summed E-state index contributed by atoms with van der Waals surface area (Å²) in [5.41, 5.74) is 1.06. The molecule has 2 aromatic rings. The van der Waals surface area contributed by atoms with Crippen LogP contribution in [0.15, 0.2) is 35.1 Å². The van der Waals surface area contributed by atoms with Crippen molar-refractivity contribution in [2.45, 2.75) is 19.5 Å². The number of aromatic nitrogens is 2. The fraction of sp³-hybridized carbons (Fsp3) is 0.375. The average molecular weight is 416 g/mol. The summed E-state index contributed by atoms with van der Waals surface area (Å²) in [4.78, 5) is 11.0. The first-order valence-corrected chi connectivity index (χ1v) is 8.97. The number of halogens is 3. The number of hydrogen-bond acceptors (Lipinski definition) is 4. The van der Waals surface area contributed by atoms with E-state index in [4.69, 9.17) is 23.2 Å². The van der Waals surface area contributed by atoms with Crippen LogP contribution in [0.2, 0.25) is 10.0 Å². The van der Waals surface area contributed by atoms with Crippen LogP contribution in [0.4, 0.5) is 5.95 Å². The molecule has 0 radical (unpaired) electrons. The number of anilines is 1. The lowest BCUT2D eigenvalue weighted by Gasteiger charge is -2.17. The van der Waals surface area contributed by atoms with Gasteiger partial charge in [-0.05, 0) is 39.5 Å². The van der Waals surface area contributed by atoms with Gasteiger partial charge in [0.1, 0.15) is 0 Å². The Hall–Kier alpha value is -0.880. The Labute approximate surface area is 154 Å². The molecule has 0 bridgehead atoms. The summed E-state index contributed by atoms with van der Waals surface area (Å²) in [6.07, 6.45) is 3.56. The highest BCUT2D eigenvalue weighted by Crippen LogP contribution is 2.24. The van der Waals surface area contributed by atoms with Crippen molar-refractivity contribution < 1.29 is 0 Å². The maximum atomic E-state index is 6.23. The van der Waals surface area contributed by atoms with E-state index in [1.807, 2.05) is 12.1 Å². The largest absolute Gasteiger partial charge is 0.339 e. The third-order valence-corrected chi connectivity index (χ3v) is 5.07. The molecule has 1 fully saturated rings. The van der Waals surface area contributed by atoms with Gasteiger partial charge >= 0.3 is 0 Å². The van der Waals surface area contributed by atoms with Gasteiger partial charge in [-0.1, -0.05) is 36.2 Å². The van der Waals surface area contributed by atoms with Crippen molar-refractivity contribution >= 4 is 45.1 Å². The Morgan fingerprint density at radius 2 is 2.00 bits per heavy atom. The standard InChI is InChI=1S/C16H17BrCl2N4/c1-10-8-23(16-21-6-12(17)7-22-16)9-15(10)20-5-11-2-3-13(18)4-14(11)19/h2-4,6-7,10,15,20H,5,8-9H2,1H3. The molecule has 122 valence electrons. The highest BCUT2D eigenvalue weighted by molar-refractivity contribution is 9.10. The third kappa shape index (κ3) is 4.15. The second-order valence-electron chi connectivity index (χ2n) is 5.81. The van der Waals surface area contributed by atoms with Crippen LogP contribution < -0.4 is 10.2 Å². The Kier molecular flexibility index (Phi) is 5.42. The van der Waals surface area contributed by atoms with E-state index < -0.39 is 0 Å². The first kappa shape index (κ1) is 17.0. The molecule has 1 aliphatic heterocycles. The quantitative estimate of drug-likeness (QED) is 0.813.